The van der Waals surface area contributed by atoms with Crippen LogP contribution in [0.25, 0.3) is 11.0 Å². The highest BCUT2D eigenvalue weighted by atomic mass is 79.9. The van der Waals surface area contributed by atoms with Crippen molar-refractivity contribution in [1.29, 1.82) is 0 Å². The number of carbonyl (C=O) groups excluding carboxylic acids is 2. The third-order valence-corrected chi connectivity index (χ3v) is 5.56. The Balaban J connectivity index is 1.74. The first-order valence-corrected chi connectivity index (χ1v) is 10.3. The second kappa shape index (κ2) is 7.91. The molecule has 0 fully saturated rings. The minimum absolute atomic E-state index is 0.0143. The fourth-order valence-electron chi connectivity index (χ4n) is 3.65. The SMILES string of the molecule is CCCCCN1C(=O)C(O)=C(C(=O)c2cc3cc(Br)ccc3o2)C1c1ccco1. The molecule has 4 rings (SSSR count). The fraction of sp³-hybridized carbons (Fsp3) is 0.273. The van der Waals surface area contributed by atoms with Crippen molar-refractivity contribution in [2.45, 2.75) is 32.2 Å². The van der Waals surface area contributed by atoms with Gasteiger partial charge in [0.15, 0.2) is 11.5 Å². The van der Waals surface area contributed by atoms with E-state index >= 15 is 0 Å². The van der Waals surface area contributed by atoms with Crippen LogP contribution in [0.5, 0.6) is 0 Å². The monoisotopic (exact) mass is 457 g/mol. The van der Waals surface area contributed by atoms with E-state index in [-0.39, 0.29) is 11.3 Å². The Kier molecular flexibility index (Phi) is 5.32. The molecule has 1 N–H and O–H groups in total. The quantitative estimate of drug-likeness (QED) is 0.370. The number of nitrogens with zero attached hydrogens (tertiary/aromatic N) is 1. The molecule has 2 aromatic heterocycles. The summed E-state index contributed by atoms with van der Waals surface area (Å²) in [5, 5.41) is 11.3. The van der Waals surface area contributed by atoms with E-state index in [9.17, 15) is 14.7 Å². The molecule has 1 amide bonds. The number of halogens is 1. The molecule has 0 saturated carbocycles. The van der Waals surface area contributed by atoms with Gasteiger partial charge in [0.05, 0.1) is 11.8 Å². The molecule has 3 heterocycles. The third-order valence-electron chi connectivity index (χ3n) is 5.07. The Morgan fingerprint density at radius 2 is 2.07 bits per heavy atom. The number of rotatable bonds is 7. The van der Waals surface area contributed by atoms with Crippen LogP contribution in [-0.2, 0) is 4.79 Å². The number of hydrogen-bond donors (Lipinski definition) is 1. The summed E-state index contributed by atoms with van der Waals surface area (Å²) in [6, 6.07) is 9.65. The lowest BCUT2D eigenvalue weighted by atomic mass is 9.99. The number of unbranched alkanes of at least 4 members (excludes halogenated alkanes) is 2. The largest absolute Gasteiger partial charge is 0.503 e. The van der Waals surface area contributed by atoms with Crippen LogP contribution >= 0.6 is 15.9 Å². The molecule has 0 saturated heterocycles. The van der Waals surface area contributed by atoms with E-state index in [0.717, 1.165) is 29.1 Å². The average Bonchev–Trinajstić information content (AvgIpc) is 3.42. The van der Waals surface area contributed by atoms with Crippen LogP contribution in [0.1, 0.15) is 48.5 Å². The Hall–Kier alpha value is -2.80. The first-order chi connectivity index (χ1) is 14.0. The molecule has 3 aromatic rings. The molecule has 7 heteroatoms. The van der Waals surface area contributed by atoms with Gasteiger partial charge in [-0.1, -0.05) is 35.7 Å². The van der Waals surface area contributed by atoms with Crippen molar-refractivity contribution in [1.82, 2.24) is 4.90 Å². The zero-order valence-electron chi connectivity index (χ0n) is 15.9. The molecule has 29 heavy (non-hydrogen) atoms. The highest BCUT2D eigenvalue weighted by molar-refractivity contribution is 9.10. The fourth-order valence-corrected chi connectivity index (χ4v) is 4.03. The van der Waals surface area contributed by atoms with Crippen LogP contribution < -0.4 is 0 Å². The van der Waals surface area contributed by atoms with Crippen molar-refractivity contribution in [2.24, 2.45) is 0 Å². The Labute approximate surface area is 175 Å². The number of amides is 1. The zero-order chi connectivity index (χ0) is 20.5. The zero-order valence-corrected chi connectivity index (χ0v) is 17.4. The molecular formula is C22H20BrNO5. The number of furan rings is 2. The van der Waals surface area contributed by atoms with Crippen LogP contribution in [0.4, 0.5) is 0 Å². The first kappa shape index (κ1) is 19.5. The second-order valence-electron chi connectivity index (χ2n) is 7.01. The Morgan fingerprint density at radius 1 is 1.24 bits per heavy atom. The number of aliphatic hydroxyl groups is 1. The van der Waals surface area contributed by atoms with Gasteiger partial charge < -0.3 is 18.8 Å². The summed E-state index contributed by atoms with van der Waals surface area (Å²) in [5.74, 6) is -1.14. The van der Waals surface area contributed by atoms with Crippen LogP contribution in [0, 0.1) is 0 Å². The number of aliphatic hydroxyl groups excluding tert-OH is 1. The minimum atomic E-state index is -0.776. The van der Waals surface area contributed by atoms with Gasteiger partial charge in [-0.3, -0.25) is 9.59 Å². The van der Waals surface area contributed by atoms with Crippen molar-refractivity contribution in [3.63, 3.8) is 0 Å². The number of hydrogen-bond acceptors (Lipinski definition) is 5. The maximum absolute atomic E-state index is 13.3. The molecule has 1 atom stereocenters. The number of Topliss-reactive ketones (excluding diaryl/α,β-unsaturated/α-hetero) is 1. The van der Waals surface area contributed by atoms with Crippen molar-refractivity contribution >= 4 is 38.6 Å². The molecule has 1 aliphatic heterocycles. The number of fused-ring (bicyclic) bond motifs is 1. The van der Waals surface area contributed by atoms with Crippen LogP contribution in [0.15, 0.2) is 67.3 Å². The molecule has 0 bridgehead atoms. The summed E-state index contributed by atoms with van der Waals surface area (Å²) in [4.78, 5) is 27.5. The van der Waals surface area contributed by atoms with Crippen LogP contribution in [0.3, 0.4) is 0 Å². The van der Waals surface area contributed by atoms with Crippen LogP contribution in [0.2, 0.25) is 0 Å². The average molecular weight is 458 g/mol. The van der Waals surface area contributed by atoms with E-state index in [4.69, 9.17) is 8.83 Å². The lowest BCUT2D eigenvalue weighted by Gasteiger charge is -2.24. The molecule has 0 radical (unpaired) electrons. The minimum Gasteiger partial charge on any atom is -0.503 e. The summed E-state index contributed by atoms with van der Waals surface area (Å²) < 4.78 is 12.1. The maximum atomic E-state index is 13.3. The van der Waals surface area contributed by atoms with E-state index in [2.05, 4.69) is 22.9 Å². The lowest BCUT2D eigenvalue weighted by molar-refractivity contribution is -0.129. The first-order valence-electron chi connectivity index (χ1n) is 9.52. The summed E-state index contributed by atoms with van der Waals surface area (Å²) in [6.45, 7) is 2.49. The maximum Gasteiger partial charge on any atom is 0.290 e. The summed E-state index contributed by atoms with van der Waals surface area (Å²) in [6.07, 6.45) is 4.19. The highest BCUT2D eigenvalue weighted by Gasteiger charge is 2.45. The molecule has 0 spiro atoms. The van der Waals surface area contributed by atoms with Gasteiger partial charge in [-0.2, -0.15) is 0 Å². The van der Waals surface area contributed by atoms with Gasteiger partial charge in [0, 0.05) is 16.4 Å². The summed E-state index contributed by atoms with van der Waals surface area (Å²) >= 11 is 3.40. The van der Waals surface area contributed by atoms with Gasteiger partial charge in [-0.15, -0.1) is 0 Å². The molecule has 0 aliphatic carbocycles. The molecule has 1 unspecified atom stereocenters. The molecular weight excluding hydrogens is 438 g/mol. The van der Waals surface area contributed by atoms with Gasteiger partial charge >= 0.3 is 0 Å². The summed E-state index contributed by atoms with van der Waals surface area (Å²) in [7, 11) is 0. The van der Waals surface area contributed by atoms with Crippen molar-refractivity contribution < 1.29 is 23.5 Å². The highest BCUT2D eigenvalue weighted by Crippen LogP contribution is 2.40. The second-order valence-corrected chi connectivity index (χ2v) is 7.92. The number of carbonyl (C=O) groups is 2. The molecule has 150 valence electrons. The third kappa shape index (κ3) is 3.51. The Bertz CT molecular complexity index is 1100. The lowest BCUT2D eigenvalue weighted by Crippen LogP contribution is -2.31. The van der Waals surface area contributed by atoms with E-state index < -0.39 is 23.5 Å². The van der Waals surface area contributed by atoms with Gasteiger partial charge in [-0.05, 0) is 42.8 Å². The van der Waals surface area contributed by atoms with E-state index in [0.29, 0.717) is 17.9 Å². The van der Waals surface area contributed by atoms with Crippen molar-refractivity contribution in [3.8, 4) is 0 Å². The smallest absolute Gasteiger partial charge is 0.290 e. The van der Waals surface area contributed by atoms with Crippen LogP contribution in [-0.4, -0.2) is 28.2 Å². The van der Waals surface area contributed by atoms with E-state index in [1.165, 1.54) is 11.2 Å². The summed E-state index contributed by atoms with van der Waals surface area (Å²) in [5.41, 5.74) is 0.537. The predicted octanol–water partition coefficient (Wildman–Crippen LogP) is 5.56. The molecule has 1 aliphatic rings. The standard InChI is InChI=1S/C22H20BrNO5/c1-2-3-4-9-24-19(16-6-5-10-28-16)18(21(26)22(24)27)20(25)17-12-13-11-14(23)7-8-15(13)29-17/h5-8,10-12,19,26H,2-4,9H2,1H3. The topological polar surface area (TPSA) is 83.9 Å². The van der Waals surface area contributed by atoms with E-state index in [1.807, 2.05) is 12.1 Å². The van der Waals surface area contributed by atoms with Gasteiger partial charge in [0.25, 0.3) is 5.91 Å². The van der Waals surface area contributed by atoms with Crippen molar-refractivity contribution in [2.75, 3.05) is 6.54 Å². The number of benzene rings is 1. The molecule has 1 aromatic carbocycles. The van der Waals surface area contributed by atoms with E-state index in [1.54, 1.807) is 24.3 Å². The predicted molar refractivity (Wildman–Crippen MR) is 111 cm³/mol. The van der Waals surface area contributed by atoms with Gasteiger partial charge in [0.2, 0.25) is 5.78 Å². The van der Waals surface area contributed by atoms with Crippen molar-refractivity contribution in [3.05, 3.63) is 70.0 Å². The Morgan fingerprint density at radius 3 is 2.79 bits per heavy atom. The molecule has 6 nitrogen and oxygen atoms in total. The normalized spacial score (nSPS) is 17.0. The number of ketones is 1. The van der Waals surface area contributed by atoms with Gasteiger partial charge in [0.1, 0.15) is 17.4 Å². The van der Waals surface area contributed by atoms with Gasteiger partial charge in [-0.25, -0.2) is 0 Å².